The average molecular weight is 397 g/mol. The monoisotopic (exact) mass is 396 g/mol. The van der Waals surface area contributed by atoms with Crippen molar-refractivity contribution < 1.29 is 23.9 Å². The molecule has 1 aliphatic heterocycles. The molecule has 0 unspecified atom stereocenters. The number of carbonyl (C=O) groups excluding carboxylic acids is 3. The zero-order chi connectivity index (χ0) is 20.4. The molecule has 1 aliphatic rings. The molecule has 0 N–H and O–H groups in total. The van der Waals surface area contributed by atoms with Crippen LogP contribution in [0, 0.1) is 0 Å². The number of ether oxygens (including phenoxy) is 2. The van der Waals surface area contributed by atoms with Crippen LogP contribution in [0.2, 0.25) is 0 Å². The maximum Gasteiger partial charge on any atom is 0.410 e. The van der Waals surface area contributed by atoms with Gasteiger partial charge >= 0.3 is 12.2 Å². The maximum atomic E-state index is 12.3. The Labute approximate surface area is 165 Å². The third-order valence-corrected chi connectivity index (χ3v) is 4.90. The highest BCUT2D eigenvalue weighted by Gasteiger charge is 2.37. The topological polar surface area (TPSA) is 76.2 Å². The molecular weight excluding hydrogens is 368 g/mol. The van der Waals surface area contributed by atoms with Crippen LogP contribution in [0.3, 0.4) is 0 Å². The van der Waals surface area contributed by atoms with E-state index in [-0.39, 0.29) is 29.6 Å². The molecular formula is C19H28N2O5S. The van der Waals surface area contributed by atoms with E-state index in [2.05, 4.69) is 19.7 Å². The number of likely N-dealkylation sites (tertiary alicyclic amines) is 1. The summed E-state index contributed by atoms with van der Waals surface area (Å²) < 4.78 is 10.1. The van der Waals surface area contributed by atoms with Crippen molar-refractivity contribution in [3.63, 3.8) is 0 Å². The van der Waals surface area contributed by atoms with E-state index in [1.807, 2.05) is 0 Å². The molecule has 0 aliphatic carbocycles. The lowest BCUT2D eigenvalue weighted by atomic mass is 10.1. The Hall–Kier alpha value is -2.22. The zero-order valence-electron chi connectivity index (χ0n) is 16.0. The molecule has 1 rings (SSSR count). The van der Waals surface area contributed by atoms with Crippen molar-refractivity contribution in [2.45, 2.75) is 31.1 Å². The Morgan fingerprint density at radius 3 is 2.44 bits per heavy atom. The molecule has 0 aromatic carbocycles. The Morgan fingerprint density at radius 2 is 1.85 bits per heavy atom. The number of likely N-dealkylation sites (N-methyl/N-ethyl adjacent to an activating group) is 1. The molecule has 0 bridgehead atoms. The van der Waals surface area contributed by atoms with Crippen LogP contribution in [0.1, 0.15) is 19.8 Å². The van der Waals surface area contributed by atoms with Gasteiger partial charge in [0.05, 0.1) is 0 Å². The number of thioether (sulfide) groups is 1. The van der Waals surface area contributed by atoms with Crippen LogP contribution >= 0.6 is 11.8 Å². The molecule has 7 nitrogen and oxygen atoms in total. The number of hydrogen-bond donors (Lipinski definition) is 0. The zero-order valence-corrected chi connectivity index (χ0v) is 16.8. The molecule has 0 aromatic rings. The van der Waals surface area contributed by atoms with Crippen molar-refractivity contribution in [2.24, 2.45) is 0 Å². The Kier molecular flexibility index (Phi) is 9.71. The van der Waals surface area contributed by atoms with Gasteiger partial charge in [0.15, 0.2) is 5.12 Å². The smallest absolute Gasteiger partial charge is 0.410 e. The van der Waals surface area contributed by atoms with Crippen molar-refractivity contribution in [1.82, 2.24) is 9.80 Å². The van der Waals surface area contributed by atoms with Crippen molar-refractivity contribution in [3.05, 3.63) is 37.5 Å². The second-order valence-corrected chi connectivity index (χ2v) is 7.79. The molecule has 2 atom stereocenters. The molecule has 1 heterocycles. The minimum absolute atomic E-state index is 0.0172. The van der Waals surface area contributed by atoms with Gasteiger partial charge in [0.25, 0.3) is 0 Å². The number of amides is 2. The van der Waals surface area contributed by atoms with E-state index < -0.39 is 12.2 Å². The lowest BCUT2D eigenvalue weighted by molar-refractivity contribution is -0.109. The number of carbonyl (C=O) groups is 3. The standard InChI is InChI=1S/C19H28N2O5S/c1-6-8-25-18(23)20(5)12-14(3)10-16-11-17(27-15(4)22)13-21(16)19(24)26-9-7-2/h6-7,16-17H,1-3,8-13H2,4-5H3/t16-,17-/m0/s1. The summed E-state index contributed by atoms with van der Waals surface area (Å²) in [7, 11) is 1.62. The first-order valence-electron chi connectivity index (χ1n) is 8.65. The van der Waals surface area contributed by atoms with Gasteiger partial charge in [-0.15, -0.1) is 0 Å². The van der Waals surface area contributed by atoms with Gasteiger partial charge in [0.1, 0.15) is 13.2 Å². The summed E-state index contributed by atoms with van der Waals surface area (Å²) in [5.41, 5.74) is 0.785. The fraction of sp³-hybridized carbons (Fsp3) is 0.526. The van der Waals surface area contributed by atoms with E-state index in [4.69, 9.17) is 9.47 Å². The third-order valence-electron chi connectivity index (χ3n) is 3.89. The molecule has 0 aromatic heterocycles. The van der Waals surface area contributed by atoms with Gasteiger partial charge < -0.3 is 19.3 Å². The fourth-order valence-corrected chi connectivity index (χ4v) is 3.89. The molecule has 0 saturated carbocycles. The molecule has 150 valence electrons. The highest BCUT2D eigenvalue weighted by atomic mass is 32.2. The summed E-state index contributed by atoms with van der Waals surface area (Å²) in [6.07, 6.45) is 3.29. The van der Waals surface area contributed by atoms with Crippen LogP contribution in [0.25, 0.3) is 0 Å². The summed E-state index contributed by atoms with van der Waals surface area (Å²) in [6.45, 7) is 13.6. The predicted octanol–water partition coefficient (Wildman–Crippen LogP) is 3.23. The van der Waals surface area contributed by atoms with Crippen LogP contribution in [0.5, 0.6) is 0 Å². The summed E-state index contributed by atoms with van der Waals surface area (Å²) in [4.78, 5) is 38.6. The van der Waals surface area contributed by atoms with Crippen LogP contribution in [0.4, 0.5) is 9.59 Å². The van der Waals surface area contributed by atoms with E-state index in [1.54, 1.807) is 11.9 Å². The highest BCUT2D eigenvalue weighted by Crippen LogP contribution is 2.31. The second-order valence-electron chi connectivity index (χ2n) is 6.31. The van der Waals surface area contributed by atoms with Crippen LogP contribution < -0.4 is 0 Å². The lowest BCUT2D eigenvalue weighted by Gasteiger charge is -2.25. The van der Waals surface area contributed by atoms with E-state index in [1.165, 1.54) is 35.7 Å². The molecule has 8 heteroatoms. The number of rotatable bonds is 9. The van der Waals surface area contributed by atoms with Gasteiger partial charge in [-0.05, 0) is 12.8 Å². The van der Waals surface area contributed by atoms with Crippen molar-refractivity contribution in [3.8, 4) is 0 Å². The maximum absolute atomic E-state index is 12.3. The van der Waals surface area contributed by atoms with Crippen LogP contribution in [0.15, 0.2) is 37.5 Å². The SMILES string of the molecule is C=CCOC(=O)N(C)CC(=C)C[C@H]1C[C@H](SC(C)=O)CN1C(=O)OCC=C. The summed E-state index contributed by atoms with van der Waals surface area (Å²) >= 11 is 1.23. The van der Waals surface area contributed by atoms with E-state index in [0.717, 1.165) is 5.57 Å². The van der Waals surface area contributed by atoms with Gasteiger partial charge in [0.2, 0.25) is 0 Å². The van der Waals surface area contributed by atoms with Gasteiger partial charge in [-0.25, -0.2) is 9.59 Å². The number of nitrogens with zero attached hydrogens (tertiary/aromatic N) is 2. The minimum Gasteiger partial charge on any atom is -0.445 e. The second kappa shape index (κ2) is 11.5. The Morgan fingerprint density at radius 1 is 1.22 bits per heavy atom. The van der Waals surface area contributed by atoms with Crippen LogP contribution in [-0.4, -0.2) is 71.7 Å². The van der Waals surface area contributed by atoms with Crippen LogP contribution in [-0.2, 0) is 14.3 Å². The lowest BCUT2D eigenvalue weighted by Crippen LogP contribution is -2.37. The van der Waals surface area contributed by atoms with E-state index >= 15 is 0 Å². The molecule has 2 amide bonds. The molecule has 27 heavy (non-hydrogen) atoms. The normalized spacial score (nSPS) is 18.5. The summed E-state index contributed by atoms with van der Waals surface area (Å²) in [6, 6.07) is -0.135. The minimum atomic E-state index is -0.463. The first-order valence-corrected chi connectivity index (χ1v) is 9.53. The van der Waals surface area contributed by atoms with E-state index in [9.17, 15) is 14.4 Å². The molecule has 0 spiro atoms. The Balaban J connectivity index is 2.68. The summed E-state index contributed by atoms with van der Waals surface area (Å²) in [5, 5.41) is 0.0375. The first kappa shape index (κ1) is 22.8. The average Bonchev–Trinajstić information content (AvgIpc) is 2.98. The quantitative estimate of drug-likeness (QED) is 0.557. The van der Waals surface area contributed by atoms with Gasteiger partial charge in [0, 0.05) is 38.4 Å². The van der Waals surface area contributed by atoms with Gasteiger partial charge in [-0.2, -0.15) is 0 Å². The molecule has 0 radical (unpaired) electrons. The fourth-order valence-electron chi connectivity index (χ4n) is 2.86. The van der Waals surface area contributed by atoms with Crippen molar-refractivity contribution in [1.29, 1.82) is 0 Å². The third kappa shape index (κ3) is 7.90. The Bertz CT molecular complexity index is 593. The predicted molar refractivity (Wildman–Crippen MR) is 107 cm³/mol. The van der Waals surface area contributed by atoms with E-state index in [0.29, 0.717) is 25.9 Å². The molecule has 1 saturated heterocycles. The largest absolute Gasteiger partial charge is 0.445 e. The highest BCUT2D eigenvalue weighted by molar-refractivity contribution is 8.14. The molecule has 1 fully saturated rings. The van der Waals surface area contributed by atoms with Gasteiger partial charge in [-0.3, -0.25) is 4.79 Å². The van der Waals surface area contributed by atoms with Crippen molar-refractivity contribution in [2.75, 3.05) is 33.4 Å². The van der Waals surface area contributed by atoms with Crippen molar-refractivity contribution >= 4 is 29.1 Å². The summed E-state index contributed by atoms with van der Waals surface area (Å²) in [5.74, 6) is 0. The number of hydrogen-bond acceptors (Lipinski definition) is 6. The van der Waals surface area contributed by atoms with Gasteiger partial charge in [-0.1, -0.05) is 49.2 Å². The first-order chi connectivity index (χ1) is 12.8.